The quantitative estimate of drug-likeness (QED) is 0.505. The zero-order chi connectivity index (χ0) is 22.5. The number of carbonyl (C=O) groups excluding carboxylic acids is 1. The maximum atomic E-state index is 12.4. The maximum Gasteiger partial charge on any atom is 0.320 e. The Morgan fingerprint density at radius 3 is 2.28 bits per heavy atom. The summed E-state index contributed by atoms with van der Waals surface area (Å²) >= 11 is 0. The molecule has 4 N–H and O–H groups in total. The van der Waals surface area contributed by atoms with Crippen LogP contribution in [0.3, 0.4) is 0 Å². The highest BCUT2D eigenvalue weighted by atomic mass is 16.7. The van der Waals surface area contributed by atoms with Crippen molar-refractivity contribution in [2.24, 2.45) is 5.73 Å². The SMILES string of the molecule is NC(Cc1ccc(C(=O)NCCc2ccc(-c3ccc4c(c3)OCO4)cc2)cc1)C(=O)O. The van der Waals surface area contributed by atoms with Crippen molar-refractivity contribution in [1.82, 2.24) is 5.32 Å². The van der Waals surface area contributed by atoms with Crippen molar-refractivity contribution < 1.29 is 24.2 Å². The highest BCUT2D eigenvalue weighted by molar-refractivity contribution is 5.94. The fourth-order valence-corrected chi connectivity index (χ4v) is 3.50. The topological polar surface area (TPSA) is 111 Å². The van der Waals surface area contributed by atoms with Crippen LogP contribution in [-0.2, 0) is 17.6 Å². The Hall–Kier alpha value is -3.84. The number of hydrogen-bond acceptors (Lipinski definition) is 5. The number of nitrogens with two attached hydrogens (primary N) is 1. The van der Waals surface area contributed by atoms with Gasteiger partial charge in [0.05, 0.1) is 0 Å². The van der Waals surface area contributed by atoms with E-state index in [1.807, 2.05) is 30.3 Å². The summed E-state index contributed by atoms with van der Waals surface area (Å²) in [6.07, 6.45) is 0.929. The summed E-state index contributed by atoms with van der Waals surface area (Å²) in [7, 11) is 0. The van der Waals surface area contributed by atoms with Crippen molar-refractivity contribution in [3.8, 4) is 22.6 Å². The Balaban J connectivity index is 1.28. The van der Waals surface area contributed by atoms with Crippen LogP contribution in [-0.4, -0.2) is 36.4 Å². The summed E-state index contributed by atoms with van der Waals surface area (Å²) in [4.78, 5) is 23.2. The standard InChI is InChI=1S/C25H24N2O5/c26-21(25(29)30)13-17-3-7-19(8-4-17)24(28)27-12-11-16-1-5-18(6-2-16)20-9-10-22-23(14-20)32-15-31-22/h1-10,14,21H,11-13,15,26H2,(H,27,28)(H,29,30). The van der Waals surface area contributed by atoms with Gasteiger partial charge in [0.15, 0.2) is 11.5 Å². The molecule has 0 aliphatic carbocycles. The number of nitrogens with one attached hydrogen (secondary N) is 1. The van der Waals surface area contributed by atoms with Gasteiger partial charge >= 0.3 is 5.97 Å². The molecular weight excluding hydrogens is 408 g/mol. The normalized spacial score (nSPS) is 12.9. The largest absolute Gasteiger partial charge is 0.480 e. The second-order valence-electron chi connectivity index (χ2n) is 7.62. The third-order valence-corrected chi connectivity index (χ3v) is 5.35. The Morgan fingerprint density at radius 2 is 1.56 bits per heavy atom. The van der Waals surface area contributed by atoms with Gasteiger partial charge in [0.25, 0.3) is 5.91 Å². The Morgan fingerprint density at radius 1 is 0.906 bits per heavy atom. The van der Waals surface area contributed by atoms with E-state index in [1.165, 1.54) is 0 Å². The van der Waals surface area contributed by atoms with Gasteiger partial charge in [0, 0.05) is 12.1 Å². The molecule has 1 amide bonds. The van der Waals surface area contributed by atoms with E-state index in [0.29, 0.717) is 18.5 Å². The molecule has 0 aromatic heterocycles. The molecule has 1 heterocycles. The number of amides is 1. The first-order valence-electron chi connectivity index (χ1n) is 10.3. The zero-order valence-electron chi connectivity index (χ0n) is 17.4. The van der Waals surface area contributed by atoms with Crippen molar-refractivity contribution in [3.05, 3.63) is 83.4 Å². The van der Waals surface area contributed by atoms with Gasteiger partial charge in [-0.2, -0.15) is 0 Å². The summed E-state index contributed by atoms with van der Waals surface area (Å²) in [5, 5.41) is 11.8. The van der Waals surface area contributed by atoms with Gasteiger partial charge < -0.3 is 25.6 Å². The van der Waals surface area contributed by atoms with E-state index in [0.717, 1.165) is 33.8 Å². The first-order valence-corrected chi connectivity index (χ1v) is 10.3. The fraction of sp³-hybridized carbons (Fsp3) is 0.200. The number of carboxylic acids is 1. The molecule has 3 aromatic rings. The maximum absolute atomic E-state index is 12.4. The van der Waals surface area contributed by atoms with Crippen molar-refractivity contribution >= 4 is 11.9 Å². The van der Waals surface area contributed by atoms with E-state index in [1.54, 1.807) is 24.3 Å². The number of carboxylic acid groups (broad SMARTS) is 1. The van der Waals surface area contributed by atoms with Crippen molar-refractivity contribution in [2.75, 3.05) is 13.3 Å². The van der Waals surface area contributed by atoms with Crippen LogP contribution in [0.15, 0.2) is 66.7 Å². The lowest BCUT2D eigenvalue weighted by molar-refractivity contribution is -0.138. The molecule has 0 bridgehead atoms. The third-order valence-electron chi connectivity index (χ3n) is 5.35. The van der Waals surface area contributed by atoms with Gasteiger partial charge in [0.1, 0.15) is 6.04 Å². The third kappa shape index (κ3) is 5.07. The number of carbonyl (C=O) groups is 2. The number of hydrogen-bond donors (Lipinski definition) is 3. The highest BCUT2D eigenvalue weighted by Gasteiger charge is 2.14. The minimum absolute atomic E-state index is 0.170. The molecule has 32 heavy (non-hydrogen) atoms. The molecule has 7 nitrogen and oxygen atoms in total. The van der Waals surface area contributed by atoms with Crippen LogP contribution in [0.2, 0.25) is 0 Å². The Kier molecular flexibility index (Phi) is 6.37. The van der Waals surface area contributed by atoms with Crippen LogP contribution in [0.25, 0.3) is 11.1 Å². The van der Waals surface area contributed by atoms with Crippen LogP contribution in [0.4, 0.5) is 0 Å². The second kappa shape index (κ2) is 9.53. The lowest BCUT2D eigenvalue weighted by Gasteiger charge is -2.09. The minimum atomic E-state index is -1.05. The number of fused-ring (bicyclic) bond motifs is 1. The molecule has 0 saturated carbocycles. The van der Waals surface area contributed by atoms with Crippen molar-refractivity contribution in [1.29, 1.82) is 0 Å². The second-order valence-corrected chi connectivity index (χ2v) is 7.62. The van der Waals surface area contributed by atoms with E-state index in [2.05, 4.69) is 17.4 Å². The van der Waals surface area contributed by atoms with Crippen LogP contribution in [0, 0.1) is 0 Å². The minimum Gasteiger partial charge on any atom is -0.480 e. The molecule has 0 fully saturated rings. The smallest absolute Gasteiger partial charge is 0.320 e. The molecular formula is C25H24N2O5. The predicted octanol–water partition coefficient (Wildman–Crippen LogP) is 3.01. The summed E-state index contributed by atoms with van der Waals surface area (Å²) < 4.78 is 10.8. The van der Waals surface area contributed by atoms with Gasteiger partial charge in [0.2, 0.25) is 6.79 Å². The lowest BCUT2D eigenvalue weighted by atomic mass is 10.0. The molecule has 164 valence electrons. The van der Waals surface area contributed by atoms with Gasteiger partial charge in [-0.25, -0.2) is 0 Å². The van der Waals surface area contributed by atoms with Crippen LogP contribution in [0.5, 0.6) is 11.5 Å². The van der Waals surface area contributed by atoms with Crippen molar-refractivity contribution in [3.63, 3.8) is 0 Å². The van der Waals surface area contributed by atoms with Crippen molar-refractivity contribution in [2.45, 2.75) is 18.9 Å². The lowest BCUT2D eigenvalue weighted by Crippen LogP contribution is -2.32. The molecule has 0 spiro atoms. The van der Waals surface area contributed by atoms with Crippen LogP contribution in [0.1, 0.15) is 21.5 Å². The summed E-state index contributed by atoms with van der Waals surface area (Å²) in [6.45, 7) is 0.764. The van der Waals surface area contributed by atoms with E-state index in [9.17, 15) is 9.59 Å². The number of aliphatic carboxylic acids is 1. The molecule has 0 radical (unpaired) electrons. The zero-order valence-corrected chi connectivity index (χ0v) is 17.4. The molecule has 3 aromatic carbocycles. The van der Waals surface area contributed by atoms with Crippen LogP contribution >= 0.6 is 0 Å². The van der Waals surface area contributed by atoms with E-state index < -0.39 is 12.0 Å². The Labute approximate surface area is 185 Å². The summed E-state index contributed by atoms with van der Waals surface area (Å²) in [5.74, 6) is 0.304. The van der Waals surface area contributed by atoms with Gasteiger partial charge in [-0.3, -0.25) is 9.59 Å². The predicted molar refractivity (Wildman–Crippen MR) is 120 cm³/mol. The first-order chi connectivity index (χ1) is 15.5. The molecule has 1 aliphatic rings. The Bertz CT molecular complexity index is 1110. The van der Waals surface area contributed by atoms with E-state index in [-0.39, 0.29) is 19.1 Å². The fourth-order valence-electron chi connectivity index (χ4n) is 3.50. The molecule has 1 unspecified atom stereocenters. The monoisotopic (exact) mass is 432 g/mol. The van der Waals surface area contributed by atoms with E-state index in [4.69, 9.17) is 20.3 Å². The molecule has 1 aliphatic heterocycles. The van der Waals surface area contributed by atoms with Gasteiger partial charge in [-0.1, -0.05) is 42.5 Å². The number of benzene rings is 3. The van der Waals surface area contributed by atoms with Crippen LogP contribution < -0.4 is 20.5 Å². The van der Waals surface area contributed by atoms with Gasteiger partial charge in [-0.15, -0.1) is 0 Å². The molecule has 0 saturated heterocycles. The summed E-state index contributed by atoms with van der Waals surface area (Å²) in [5.41, 5.74) is 10.1. The number of ether oxygens (including phenoxy) is 2. The van der Waals surface area contributed by atoms with E-state index >= 15 is 0 Å². The first kappa shape index (κ1) is 21.4. The summed E-state index contributed by atoms with van der Waals surface area (Å²) in [6, 6.07) is 19.9. The average molecular weight is 432 g/mol. The molecule has 1 atom stereocenters. The number of rotatable bonds is 8. The van der Waals surface area contributed by atoms with Gasteiger partial charge in [-0.05, 0) is 59.4 Å². The molecule has 4 rings (SSSR count). The average Bonchev–Trinajstić information content (AvgIpc) is 3.28. The molecule has 7 heteroatoms. The highest BCUT2D eigenvalue weighted by Crippen LogP contribution is 2.35.